The van der Waals surface area contributed by atoms with Crippen molar-refractivity contribution in [3.05, 3.63) is 58.6 Å². The average Bonchev–Trinajstić information content (AvgIpc) is 2.79. The van der Waals surface area contributed by atoms with Crippen LogP contribution in [-0.4, -0.2) is 33.1 Å². The number of hydrogen-bond donors (Lipinski definition) is 2. The fraction of sp³-hybridized carbons (Fsp3) is 0.381. The summed E-state index contributed by atoms with van der Waals surface area (Å²) in [6, 6.07) is 10.5. The van der Waals surface area contributed by atoms with Crippen LogP contribution in [0.5, 0.6) is 0 Å². The Kier molecular flexibility index (Phi) is 5.26. The molecule has 1 atom stereocenters. The molecular formula is C21H25ClN2O4S. The third kappa shape index (κ3) is 4.74. The Labute approximate surface area is 182 Å². The molecule has 0 aromatic heterocycles. The molecule has 8 heteroatoms. The minimum atomic E-state index is -3.94. The van der Waals surface area contributed by atoms with E-state index in [9.17, 15) is 13.2 Å². The normalized spacial score (nSPS) is 20.3. The summed E-state index contributed by atoms with van der Waals surface area (Å²) in [7, 11) is -2.51. The summed E-state index contributed by atoms with van der Waals surface area (Å²) in [6.45, 7) is -0.433. The molecule has 29 heavy (non-hydrogen) atoms. The van der Waals surface area contributed by atoms with Gasteiger partial charge >= 0.3 is 5.97 Å². The van der Waals surface area contributed by atoms with Crippen molar-refractivity contribution in [3.8, 4) is 0 Å². The van der Waals surface area contributed by atoms with E-state index < -0.39 is 41.3 Å². The number of carboxylic acids is 1. The summed E-state index contributed by atoms with van der Waals surface area (Å²) >= 11 is 6.09. The largest absolute Gasteiger partial charge is 0.481 e. The van der Waals surface area contributed by atoms with E-state index >= 15 is 0 Å². The van der Waals surface area contributed by atoms with Gasteiger partial charge < -0.3 is 10.4 Å². The van der Waals surface area contributed by atoms with Crippen LogP contribution in [0, 0.1) is 0 Å². The Morgan fingerprint density at radius 1 is 1.21 bits per heavy atom. The first kappa shape index (κ1) is 16.7. The summed E-state index contributed by atoms with van der Waals surface area (Å²) in [5.74, 6) is -1.07. The monoisotopic (exact) mass is 440 g/mol. The first-order valence-corrected chi connectivity index (χ1v) is 10.9. The topological polar surface area (TPSA) is 86.7 Å². The van der Waals surface area contributed by atoms with E-state index in [0.717, 1.165) is 4.31 Å². The molecule has 2 N–H and O–H groups in total. The Morgan fingerprint density at radius 2 is 1.97 bits per heavy atom. The van der Waals surface area contributed by atoms with Gasteiger partial charge in [0, 0.05) is 24.0 Å². The molecule has 2 aromatic rings. The lowest BCUT2D eigenvalue weighted by molar-refractivity contribution is -0.137. The lowest BCUT2D eigenvalue weighted by Crippen LogP contribution is -2.26. The van der Waals surface area contributed by atoms with Crippen molar-refractivity contribution < 1.29 is 23.8 Å². The molecule has 1 aliphatic heterocycles. The molecule has 0 saturated heterocycles. The van der Waals surface area contributed by atoms with E-state index in [-0.39, 0.29) is 29.2 Å². The van der Waals surface area contributed by atoms with Crippen LogP contribution < -0.4 is 9.62 Å². The van der Waals surface area contributed by atoms with Gasteiger partial charge in [-0.3, -0.25) is 9.10 Å². The van der Waals surface area contributed by atoms with Crippen molar-refractivity contribution >= 4 is 33.3 Å². The molecular weight excluding hydrogens is 412 g/mol. The second-order valence-corrected chi connectivity index (χ2v) is 9.00. The van der Waals surface area contributed by atoms with Crippen molar-refractivity contribution in [1.29, 1.82) is 0 Å². The second kappa shape index (κ2) is 9.15. The summed E-state index contributed by atoms with van der Waals surface area (Å²) in [6.07, 6.45) is -5.18. The maximum atomic E-state index is 13.3. The predicted octanol–water partition coefficient (Wildman–Crippen LogP) is 4.19. The number of carboxylic acid groups (broad SMARTS) is 1. The molecule has 0 radical (unpaired) electrons. The van der Waals surface area contributed by atoms with Crippen molar-refractivity contribution in [2.75, 3.05) is 17.9 Å². The Morgan fingerprint density at radius 3 is 2.72 bits per heavy atom. The van der Waals surface area contributed by atoms with E-state index in [0.29, 0.717) is 16.8 Å². The first-order valence-electron chi connectivity index (χ1n) is 11.1. The summed E-state index contributed by atoms with van der Waals surface area (Å²) in [4.78, 5) is 10.7. The van der Waals surface area contributed by atoms with Gasteiger partial charge in [-0.2, -0.15) is 0 Å². The van der Waals surface area contributed by atoms with Gasteiger partial charge in [0.25, 0.3) is 10.0 Å². The zero-order chi connectivity index (χ0) is 24.6. The van der Waals surface area contributed by atoms with Gasteiger partial charge in [-0.1, -0.05) is 48.7 Å². The molecule has 6 nitrogen and oxygen atoms in total. The number of aliphatic carboxylic acids is 1. The molecule has 1 heterocycles. The van der Waals surface area contributed by atoms with E-state index in [4.69, 9.17) is 22.2 Å². The van der Waals surface area contributed by atoms with Gasteiger partial charge in [-0.05, 0) is 48.7 Å². The maximum Gasteiger partial charge on any atom is 0.303 e. The summed E-state index contributed by atoms with van der Waals surface area (Å²) in [5.41, 5.74) is 1.37. The van der Waals surface area contributed by atoms with Crippen LogP contribution in [0.4, 0.5) is 5.69 Å². The number of para-hydroxylation sites is 1. The van der Waals surface area contributed by atoms with Crippen molar-refractivity contribution in [1.82, 2.24) is 5.32 Å². The van der Waals surface area contributed by atoms with Gasteiger partial charge in [0.1, 0.15) is 0 Å². The van der Waals surface area contributed by atoms with Crippen LogP contribution in [0.3, 0.4) is 0 Å². The highest BCUT2D eigenvalue weighted by Gasteiger charge is 2.34. The van der Waals surface area contributed by atoms with Crippen molar-refractivity contribution in [3.63, 3.8) is 0 Å². The third-order valence-electron chi connectivity index (χ3n) is 4.72. The highest BCUT2D eigenvalue weighted by Crippen LogP contribution is 2.40. The van der Waals surface area contributed by atoms with Crippen LogP contribution in [0.1, 0.15) is 54.7 Å². The first-order chi connectivity index (χ1) is 15.3. The minimum absolute atomic E-state index is 0.00151. The average molecular weight is 441 g/mol. The quantitative estimate of drug-likeness (QED) is 0.642. The van der Waals surface area contributed by atoms with E-state index in [1.54, 1.807) is 36.4 Å². The minimum Gasteiger partial charge on any atom is -0.481 e. The number of hydrogen-bond acceptors (Lipinski definition) is 4. The van der Waals surface area contributed by atoms with E-state index in [2.05, 4.69) is 5.32 Å². The summed E-state index contributed by atoms with van der Waals surface area (Å²) < 4.78 is 60.8. The number of benzene rings is 2. The zero-order valence-corrected chi connectivity index (χ0v) is 17.4. The van der Waals surface area contributed by atoms with E-state index in [1.165, 1.54) is 13.1 Å². The molecule has 1 aliphatic rings. The van der Waals surface area contributed by atoms with Crippen molar-refractivity contribution in [2.45, 2.75) is 42.9 Å². The van der Waals surface area contributed by atoms with Gasteiger partial charge in [0.05, 0.1) is 16.6 Å². The number of sulfonamides is 1. The fourth-order valence-electron chi connectivity index (χ4n) is 3.28. The van der Waals surface area contributed by atoms with Crippen LogP contribution >= 0.6 is 11.6 Å². The van der Waals surface area contributed by atoms with Gasteiger partial charge in [-0.15, -0.1) is 0 Å². The standard InChI is InChI=1S/C21H25ClN2O4S/c1-24-18-9-6-5-8-16(18)21(23-13-7-3-2-4-10-20(25)26)17-12-11-15(22)14-19(17)29(24,27)28/h5-6,8-9,11-12,14,21,23H,2-4,7,10,13H2,1H3,(H,25,26)/i3D2,7D2. The van der Waals surface area contributed by atoms with Gasteiger partial charge in [0.2, 0.25) is 0 Å². The van der Waals surface area contributed by atoms with Gasteiger partial charge in [-0.25, -0.2) is 8.42 Å². The summed E-state index contributed by atoms with van der Waals surface area (Å²) in [5, 5.41) is 12.1. The zero-order valence-electron chi connectivity index (χ0n) is 19.9. The second-order valence-electron chi connectivity index (χ2n) is 6.63. The molecule has 3 rings (SSSR count). The predicted molar refractivity (Wildman–Crippen MR) is 114 cm³/mol. The number of carbonyl (C=O) groups is 1. The molecule has 0 spiro atoms. The lowest BCUT2D eigenvalue weighted by Gasteiger charge is -2.22. The molecule has 0 amide bonds. The number of rotatable bonds is 8. The molecule has 0 aliphatic carbocycles. The molecule has 0 fully saturated rings. The highest BCUT2D eigenvalue weighted by atomic mass is 35.5. The number of halogens is 1. The molecule has 0 saturated carbocycles. The van der Waals surface area contributed by atoms with Crippen LogP contribution in [0.25, 0.3) is 0 Å². The number of nitrogens with zero attached hydrogens (tertiary/aromatic N) is 1. The van der Waals surface area contributed by atoms with Gasteiger partial charge in [0.15, 0.2) is 0 Å². The number of nitrogens with one attached hydrogen (secondary N) is 1. The van der Waals surface area contributed by atoms with Crippen LogP contribution in [0.2, 0.25) is 5.02 Å². The third-order valence-corrected chi connectivity index (χ3v) is 6.79. The SMILES string of the molecule is [2H]C([2H])(CCCC(=O)O)C([2H])([2H])CNC1c2ccccc2N(C)S(=O)(=O)c2cc(Cl)ccc21. The Balaban J connectivity index is 1.99. The smallest absolute Gasteiger partial charge is 0.303 e. The highest BCUT2D eigenvalue weighted by molar-refractivity contribution is 7.92. The lowest BCUT2D eigenvalue weighted by atomic mass is 9.96. The molecule has 2 aromatic carbocycles. The van der Waals surface area contributed by atoms with Crippen molar-refractivity contribution in [2.24, 2.45) is 0 Å². The number of anilines is 1. The van der Waals surface area contributed by atoms with Crippen LogP contribution in [-0.2, 0) is 14.8 Å². The van der Waals surface area contributed by atoms with Crippen LogP contribution in [0.15, 0.2) is 47.4 Å². The maximum absolute atomic E-state index is 13.3. The Bertz CT molecular complexity index is 1160. The number of fused-ring (bicyclic) bond motifs is 2. The molecule has 1 unspecified atom stereocenters. The van der Waals surface area contributed by atoms with E-state index in [1.807, 2.05) is 0 Å². The molecule has 156 valence electrons. The Hall–Kier alpha value is -2.09. The molecule has 0 bridgehead atoms. The fourth-order valence-corrected chi connectivity index (χ4v) is 5.00.